The summed E-state index contributed by atoms with van der Waals surface area (Å²) in [6.45, 7) is 2.06. The lowest BCUT2D eigenvalue weighted by Gasteiger charge is -2.07. The second-order valence-electron chi connectivity index (χ2n) is 4.62. The van der Waals surface area contributed by atoms with Crippen LogP contribution < -0.4 is 10.6 Å². The van der Waals surface area contributed by atoms with E-state index in [2.05, 4.69) is 10.6 Å². The first-order chi connectivity index (χ1) is 9.99. The van der Waals surface area contributed by atoms with Crippen LogP contribution in [0.3, 0.4) is 0 Å². The Morgan fingerprint density at radius 3 is 2.71 bits per heavy atom. The van der Waals surface area contributed by atoms with Crippen LogP contribution in [0.5, 0.6) is 5.75 Å². The fourth-order valence-electron chi connectivity index (χ4n) is 1.64. The van der Waals surface area contributed by atoms with Crippen molar-refractivity contribution in [2.24, 2.45) is 0 Å². The first-order valence-corrected chi connectivity index (χ1v) is 6.73. The zero-order valence-corrected chi connectivity index (χ0v) is 11.9. The summed E-state index contributed by atoms with van der Waals surface area (Å²) in [6, 6.07) is 5.97. The quantitative estimate of drug-likeness (QED) is 0.458. The van der Waals surface area contributed by atoms with Gasteiger partial charge in [0.1, 0.15) is 5.75 Å². The van der Waals surface area contributed by atoms with Crippen molar-refractivity contribution >= 4 is 17.7 Å². The largest absolute Gasteiger partial charge is 0.508 e. The maximum absolute atomic E-state index is 11.6. The molecular formula is C15H20N2O4. The second kappa shape index (κ2) is 8.63. The fourth-order valence-corrected chi connectivity index (χ4v) is 1.64. The number of aliphatic carboxylic acids is 1. The summed E-state index contributed by atoms with van der Waals surface area (Å²) in [5.74, 6) is -0.813. The van der Waals surface area contributed by atoms with Crippen molar-refractivity contribution < 1.29 is 19.8 Å². The molecule has 1 aromatic carbocycles. The van der Waals surface area contributed by atoms with E-state index in [4.69, 9.17) is 5.11 Å². The summed E-state index contributed by atoms with van der Waals surface area (Å²) in [6.07, 6.45) is 3.91. The molecule has 0 fully saturated rings. The van der Waals surface area contributed by atoms with Gasteiger partial charge in [0.15, 0.2) is 0 Å². The van der Waals surface area contributed by atoms with E-state index >= 15 is 0 Å². The number of nitrogens with one attached hydrogen (secondary N) is 2. The summed E-state index contributed by atoms with van der Waals surface area (Å²) >= 11 is 0. The van der Waals surface area contributed by atoms with Gasteiger partial charge in [0.2, 0.25) is 0 Å². The number of carboxylic acids is 1. The molecule has 0 aromatic heterocycles. The third-order valence-corrected chi connectivity index (χ3v) is 2.81. The average Bonchev–Trinajstić information content (AvgIpc) is 2.42. The Kier molecular flexibility index (Phi) is 6.80. The number of allylic oxidation sites excluding steroid dienone is 1. The lowest BCUT2D eigenvalue weighted by Crippen LogP contribution is -2.29. The Balaban J connectivity index is 2.17. The van der Waals surface area contributed by atoms with Crippen molar-refractivity contribution in [3.8, 4) is 5.75 Å². The zero-order valence-electron chi connectivity index (χ0n) is 11.9. The van der Waals surface area contributed by atoms with Crippen molar-refractivity contribution in [2.45, 2.75) is 26.2 Å². The topological polar surface area (TPSA) is 98.7 Å². The van der Waals surface area contributed by atoms with E-state index in [1.807, 2.05) is 0 Å². The number of urea groups is 1. The standard InChI is InChI=1S/C15H20N2O4/c1-11(14(19)20)6-3-2-4-9-16-15(21)17-12-7-5-8-13(18)10-12/h5-8,10,18H,2-4,9H2,1H3,(H,19,20)(H2,16,17,21). The van der Waals surface area contributed by atoms with Gasteiger partial charge >= 0.3 is 12.0 Å². The monoisotopic (exact) mass is 292 g/mol. The van der Waals surface area contributed by atoms with Crippen LogP contribution in [-0.2, 0) is 4.79 Å². The number of amides is 2. The molecule has 1 aromatic rings. The minimum Gasteiger partial charge on any atom is -0.508 e. The molecule has 0 saturated carbocycles. The van der Waals surface area contributed by atoms with Crippen molar-refractivity contribution in [3.05, 3.63) is 35.9 Å². The SMILES string of the molecule is CC(=CCCCCNC(=O)Nc1cccc(O)c1)C(=O)O. The molecule has 1 rings (SSSR count). The molecule has 0 aliphatic rings. The van der Waals surface area contributed by atoms with E-state index < -0.39 is 5.97 Å². The number of carbonyl (C=O) groups is 2. The molecule has 0 spiro atoms. The van der Waals surface area contributed by atoms with Crippen molar-refractivity contribution in [1.29, 1.82) is 0 Å². The molecule has 21 heavy (non-hydrogen) atoms. The smallest absolute Gasteiger partial charge is 0.330 e. The van der Waals surface area contributed by atoms with Gasteiger partial charge in [-0.1, -0.05) is 12.1 Å². The Morgan fingerprint density at radius 2 is 2.05 bits per heavy atom. The third kappa shape index (κ3) is 7.00. The number of anilines is 1. The molecule has 0 unspecified atom stereocenters. The Morgan fingerprint density at radius 1 is 1.29 bits per heavy atom. The summed E-state index contributed by atoms with van der Waals surface area (Å²) < 4.78 is 0. The molecule has 0 aliphatic heterocycles. The molecule has 4 N–H and O–H groups in total. The number of hydrogen-bond donors (Lipinski definition) is 4. The van der Waals surface area contributed by atoms with Gasteiger partial charge in [-0.2, -0.15) is 0 Å². The highest BCUT2D eigenvalue weighted by atomic mass is 16.4. The van der Waals surface area contributed by atoms with Gasteiger partial charge in [0.05, 0.1) is 0 Å². The van der Waals surface area contributed by atoms with E-state index in [-0.39, 0.29) is 11.8 Å². The van der Waals surface area contributed by atoms with E-state index in [0.29, 0.717) is 24.2 Å². The average molecular weight is 292 g/mol. The van der Waals surface area contributed by atoms with Gasteiger partial charge in [-0.3, -0.25) is 0 Å². The van der Waals surface area contributed by atoms with Crippen LogP contribution in [0, 0.1) is 0 Å². The van der Waals surface area contributed by atoms with Gasteiger partial charge in [-0.05, 0) is 38.3 Å². The van der Waals surface area contributed by atoms with E-state index in [0.717, 1.165) is 12.8 Å². The van der Waals surface area contributed by atoms with Gasteiger partial charge < -0.3 is 20.8 Å². The van der Waals surface area contributed by atoms with E-state index in [1.54, 1.807) is 25.1 Å². The summed E-state index contributed by atoms with van der Waals surface area (Å²) in [5.41, 5.74) is 0.858. The number of phenols is 1. The number of rotatable bonds is 7. The van der Waals surface area contributed by atoms with Crippen LogP contribution in [0.4, 0.5) is 10.5 Å². The molecular weight excluding hydrogens is 272 g/mol. The van der Waals surface area contributed by atoms with Crippen LogP contribution >= 0.6 is 0 Å². The number of unbranched alkanes of at least 4 members (excludes halogenated alkanes) is 2. The molecule has 0 saturated heterocycles. The summed E-state index contributed by atoms with van der Waals surface area (Å²) in [4.78, 5) is 22.1. The van der Waals surface area contributed by atoms with Crippen molar-refractivity contribution in [1.82, 2.24) is 5.32 Å². The molecule has 0 heterocycles. The number of benzene rings is 1. The molecule has 114 valence electrons. The van der Waals surface area contributed by atoms with Gasteiger partial charge in [0.25, 0.3) is 0 Å². The lowest BCUT2D eigenvalue weighted by molar-refractivity contribution is -0.132. The van der Waals surface area contributed by atoms with Crippen molar-refractivity contribution in [3.63, 3.8) is 0 Å². The van der Waals surface area contributed by atoms with E-state index in [9.17, 15) is 14.7 Å². The molecule has 0 radical (unpaired) electrons. The van der Waals surface area contributed by atoms with Crippen LogP contribution in [0.2, 0.25) is 0 Å². The first-order valence-electron chi connectivity index (χ1n) is 6.73. The molecule has 0 bridgehead atoms. The normalized spacial score (nSPS) is 11.0. The number of carbonyl (C=O) groups excluding carboxylic acids is 1. The number of hydrogen-bond acceptors (Lipinski definition) is 3. The van der Waals surface area contributed by atoms with Crippen LogP contribution in [0.25, 0.3) is 0 Å². The molecule has 6 nitrogen and oxygen atoms in total. The number of aromatic hydroxyl groups is 1. The number of carboxylic acid groups (broad SMARTS) is 1. The van der Waals surface area contributed by atoms with E-state index in [1.165, 1.54) is 12.1 Å². The van der Waals surface area contributed by atoms with Gasteiger partial charge in [-0.25, -0.2) is 9.59 Å². The molecule has 0 aliphatic carbocycles. The molecule has 2 amide bonds. The molecule has 0 atom stereocenters. The predicted molar refractivity (Wildman–Crippen MR) is 80.4 cm³/mol. The maximum atomic E-state index is 11.6. The van der Waals surface area contributed by atoms with Crippen LogP contribution in [0.15, 0.2) is 35.9 Å². The van der Waals surface area contributed by atoms with Gasteiger partial charge in [0, 0.05) is 23.9 Å². The Hall–Kier alpha value is -2.50. The predicted octanol–water partition coefficient (Wildman–Crippen LogP) is 2.71. The number of phenolic OH excluding ortho intramolecular Hbond substituents is 1. The summed E-state index contributed by atoms with van der Waals surface area (Å²) in [5, 5.41) is 23.2. The third-order valence-electron chi connectivity index (χ3n) is 2.81. The minimum absolute atomic E-state index is 0.0911. The van der Waals surface area contributed by atoms with Crippen molar-refractivity contribution in [2.75, 3.05) is 11.9 Å². The van der Waals surface area contributed by atoms with Crippen LogP contribution in [0.1, 0.15) is 26.2 Å². The maximum Gasteiger partial charge on any atom is 0.330 e. The first kappa shape index (κ1) is 16.6. The second-order valence-corrected chi connectivity index (χ2v) is 4.62. The lowest BCUT2D eigenvalue weighted by atomic mass is 10.2. The Labute approximate surface area is 123 Å². The summed E-state index contributed by atoms with van der Waals surface area (Å²) in [7, 11) is 0. The minimum atomic E-state index is -0.904. The highest BCUT2D eigenvalue weighted by Gasteiger charge is 2.01. The fraction of sp³-hybridized carbons (Fsp3) is 0.333. The van der Waals surface area contributed by atoms with Gasteiger partial charge in [-0.15, -0.1) is 0 Å². The Bertz CT molecular complexity index is 526. The highest BCUT2D eigenvalue weighted by molar-refractivity contribution is 5.89. The highest BCUT2D eigenvalue weighted by Crippen LogP contribution is 2.14. The van der Waals surface area contributed by atoms with Crippen LogP contribution in [-0.4, -0.2) is 28.8 Å². The molecule has 6 heteroatoms. The zero-order chi connectivity index (χ0) is 15.7.